The summed E-state index contributed by atoms with van der Waals surface area (Å²) in [5.74, 6) is -0.444. The van der Waals surface area contributed by atoms with E-state index in [0.29, 0.717) is 4.88 Å². The second kappa shape index (κ2) is 4.53. The second-order valence-corrected chi connectivity index (χ2v) is 5.55. The molecule has 0 radical (unpaired) electrons. The molecular formula is C10H8ClNO2S2. The zero-order chi connectivity index (χ0) is 11.7. The molecule has 2 rings (SSSR count). The monoisotopic (exact) mass is 273 g/mol. The van der Waals surface area contributed by atoms with E-state index in [4.69, 9.17) is 11.6 Å². The highest BCUT2D eigenvalue weighted by atomic mass is 35.5. The van der Waals surface area contributed by atoms with Crippen molar-refractivity contribution in [3.63, 3.8) is 0 Å². The Balaban J connectivity index is 2.41. The first-order chi connectivity index (χ1) is 7.61. The summed E-state index contributed by atoms with van der Waals surface area (Å²) in [7, 11) is 1.33. The molecule has 0 unspecified atom stereocenters. The molecule has 0 aliphatic carbocycles. The van der Waals surface area contributed by atoms with Crippen molar-refractivity contribution in [2.75, 3.05) is 7.11 Å². The van der Waals surface area contributed by atoms with Gasteiger partial charge in [0.05, 0.1) is 7.11 Å². The molecule has 0 fully saturated rings. The first kappa shape index (κ1) is 11.6. The third-order valence-electron chi connectivity index (χ3n) is 1.93. The van der Waals surface area contributed by atoms with E-state index in [0.717, 1.165) is 10.6 Å². The van der Waals surface area contributed by atoms with E-state index in [-0.39, 0.29) is 5.15 Å². The molecule has 2 aromatic rings. The molecule has 0 spiro atoms. The van der Waals surface area contributed by atoms with Crippen LogP contribution < -0.4 is 0 Å². The number of rotatable bonds is 2. The van der Waals surface area contributed by atoms with Crippen LogP contribution in [0.5, 0.6) is 0 Å². The van der Waals surface area contributed by atoms with Crippen molar-refractivity contribution in [1.82, 2.24) is 4.98 Å². The zero-order valence-corrected chi connectivity index (χ0v) is 11.0. The van der Waals surface area contributed by atoms with Gasteiger partial charge in [-0.25, -0.2) is 9.78 Å². The highest BCUT2D eigenvalue weighted by molar-refractivity contribution is 7.18. The number of hydrogen-bond acceptors (Lipinski definition) is 5. The van der Waals surface area contributed by atoms with Crippen molar-refractivity contribution in [2.45, 2.75) is 6.92 Å². The SMILES string of the molecule is COC(=O)c1sc(-c2csc(C)c2)nc1Cl. The number of hydrogen-bond donors (Lipinski definition) is 0. The molecule has 0 bridgehead atoms. The smallest absolute Gasteiger partial charge is 0.351 e. The highest BCUT2D eigenvalue weighted by Gasteiger charge is 2.18. The van der Waals surface area contributed by atoms with Crippen LogP contribution in [0.2, 0.25) is 5.15 Å². The minimum atomic E-state index is -0.444. The minimum absolute atomic E-state index is 0.204. The Morgan fingerprint density at radius 2 is 2.31 bits per heavy atom. The Bertz CT molecular complexity index is 533. The predicted molar refractivity (Wildman–Crippen MR) is 66.5 cm³/mol. The maximum absolute atomic E-state index is 11.4. The Hall–Kier alpha value is -0.910. The first-order valence-electron chi connectivity index (χ1n) is 4.42. The molecule has 2 aromatic heterocycles. The molecule has 84 valence electrons. The van der Waals surface area contributed by atoms with E-state index in [1.54, 1.807) is 11.3 Å². The van der Waals surface area contributed by atoms with E-state index in [2.05, 4.69) is 9.72 Å². The number of thiophene rings is 1. The fraction of sp³-hybridized carbons (Fsp3) is 0.200. The van der Waals surface area contributed by atoms with Gasteiger partial charge in [0.2, 0.25) is 0 Å². The van der Waals surface area contributed by atoms with Crippen molar-refractivity contribution in [3.05, 3.63) is 26.4 Å². The quantitative estimate of drug-likeness (QED) is 0.785. The molecule has 0 aromatic carbocycles. The molecule has 0 saturated carbocycles. The van der Waals surface area contributed by atoms with Crippen molar-refractivity contribution >= 4 is 40.2 Å². The van der Waals surface area contributed by atoms with Crippen molar-refractivity contribution in [3.8, 4) is 10.6 Å². The summed E-state index contributed by atoms with van der Waals surface area (Å²) in [6.45, 7) is 2.02. The molecule has 0 N–H and O–H groups in total. The van der Waals surface area contributed by atoms with Gasteiger partial charge in [-0.15, -0.1) is 22.7 Å². The number of carbonyl (C=O) groups excluding carboxylic acids is 1. The molecule has 0 atom stereocenters. The van der Waals surface area contributed by atoms with Crippen LogP contribution in [0.4, 0.5) is 0 Å². The van der Waals surface area contributed by atoms with Crippen LogP contribution in [0.3, 0.4) is 0 Å². The van der Waals surface area contributed by atoms with E-state index in [1.165, 1.54) is 23.3 Å². The number of ether oxygens (including phenoxy) is 1. The summed E-state index contributed by atoms with van der Waals surface area (Å²) >= 11 is 8.76. The lowest BCUT2D eigenvalue weighted by Gasteiger charge is -1.92. The Morgan fingerprint density at radius 1 is 1.56 bits per heavy atom. The van der Waals surface area contributed by atoms with Gasteiger partial charge < -0.3 is 4.74 Å². The van der Waals surface area contributed by atoms with Crippen molar-refractivity contribution < 1.29 is 9.53 Å². The van der Waals surface area contributed by atoms with Gasteiger partial charge in [-0.2, -0.15) is 0 Å². The van der Waals surface area contributed by atoms with Crippen molar-refractivity contribution in [1.29, 1.82) is 0 Å². The van der Waals surface area contributed by atoms with E-state index >= 15 is 0 Å². The number of aryl methyl sites for hydroxylation is 1. The fourth-order valence-corrected chi connectivity index (χ4v) is 3.15. The average molecular weight is 274 g/mol. The lowest BCUT2D eigenvalue weighted by Crippen LogP contribution is -1.98. The summed E-state index contributed by atoms with van der Waals surface area (Å²) in [5, 5.41) is 2.94. The minimum Gasteiger partial charge on any atom is -0.465 e. The van der Waals surface area contributed by atoms with Crippen LogP contribution in [0.15, 0.2) is 11.4 Å². The molecule has 2 heterocycles. The van der Waals surface area contributed by atoms with Gasteiger partial charge in [-0.05, 0) is 13.0 Å². The Labute approximate surface area is 106 Å². The molecule has 3 nitrogen and oxygen atoms in total. The molecule has 16 heavy (non-hydrogen) atoms. The fourth-order valence-electron chi connectivity index (χ4n) is 1.20. The van der Waals surface area contributed by atoms with Gasteiger partial charge in [0.1, 0.15) is 5.01 Å². The lowest BCUT2D eigenvalue weighted by molar-refractivity contribution is 0.0606. The standard InChI is InChI=1S/C10H8ClNO2S2/c1-5-3-6(4-15-5)9-12-8(11)7(16-9)10(13)14-2/h3-4H,1-2H3. The van der Waals surface area contributed by atoms with E-state index in [1.807, 2.05) is 18.4 Å². The molecule has 0 aliphatic rings. The van der Waals surface area contributed by atoms with Crippen LogP contribution in [0.25, 0.3) is 10.6 Å². The zero-order valence-electron chi connectivity index (χ0n) is 8.61. The average Bonchev–Trinajstić information content (AvgIpc) is 2.83. The maximum atomic E-state index is 11.4. The summed E-state index contributed by atoms with van der Waals surface area (Å²) in [4.78, 5) is 17.0. The summed E-state index contributed by atoms with van der Waals surface area (Å²) in [6.07, 6.45) is 0. The van der Waals surface area contributed by atoms with Gasteiger partial charge in [0.15, 0.2) is 10.0 Å². The molecule has 0 amide bonds. The van der Waals surface area contributed by atoms with Crippen LogP contribution in [-0.4, -0.2) is 18.1 Å². The summed E-state index contributed by atoms with van der Waals surface area (Å²) in [5.41, 5.74) is 0.990. The van der Waals surface area contributed by atoms with Crippen LogP contribution >= 0.6 is 34.3 Å². The van der Waals surface area contributed by atoms with Crippen LogP contribution in [0.1, 0.15) is 14.5 Å². The number of thiazole rings is 1. The van der Waals surface area contributed by atoms with Gasteiger partial charge in [-0.3, -0.25) is 0 Å². The van der Waals surface area contributed by atoms with Gasteiger partial charge >= 0.3 is 5.97 Å². The topological polar surface area (TPSA) is 39.2 Å². The number of nitrogens with zero attached hydrogens (tertiary/aromatic N) is 1. The third-order valence-corrected chi connectivity index (χ3v) is 4.27. The Morgan fingerprint density at radius 3 is 2.88 bits per heavy atom. The largest absolute Gasteiger partial charge is 0.465 e. The van der Waals surface area contributed by atoms with Gasteiger partial charge in [0.25, 0.3) is 0 Å². The van der Waals surface area contributed by atoms with Crippen LogP contribution in [0, 0.1) is 6.92 Å². The number of halogens is 1. The summed E-state index contributed by atoms with van der Waals surface area (Å²) < 4.78 is 4.62. The number of methoxy groups -OCH3 is 1. The normalized spacial score (nSPS) is 10.4. The number of carbonyl (C=O) groups is 1. The molecule has 0 aliphatic heterocycles. The Kier molecular flexibility index (Phi) is 3.28. The van der Waals surface area contributed by atoms with Gasteiger partial charge in [-0.1, -0.05) is 11.6 Å². The number of esters is 1. The predicted octanol–water partition coefficient (Wildman–Crippen LogP) is 3.62. The molecular weight excluding hydrogens is 266 g/mol. The lowest BCUT2D eigenvalue weighted by atomic mass is 10.3. The van der Waals surface area contributed by atoms with Crippen molar-refractivity contribution in [2.24, 2.45) is 0 Å². The van der Waals surface area contributed by atoms with E-state index < -0.39 is 5.97 Å². The number of aromatic nitrogens is 1. The first-order valence-corrected chi connectivity index (χ1v) is 6.49. The van der Waals surface area contributed by atoms with Gasteiger partial charge in [0, 0.05) is 15.8 Å². The third kappa shape index (κ3) is 2.11. The second-order valence-electron chi connectivity index (χ2n) is 3.08. The summed E-state index contributed by atoms with van der Waals surface area (Å²) in [6, 6.07) is 2.01. The molecule has 6 heteroatoms. The molecule has 0 saturated heterocycles. The highest BCUT2D eigenvalue weighted by Crippen LogP contribution is 2.33. The van der Waals surface area contributed by atoms with E-state index in [9.17, 15) is 4.79 Å². The maximum Gasteiger partial charge on any atom is 0.351 e. The van der Waals surface area contributed by atoms with Crippen LogP contribution in [-0.2, 0) is 4.74 Å².